The van der Waals surface area contributed by atoms with Crippen LogP contribution in [0, 0.1) is 5.82 Å². The van der Waals surface area contributed by atoms with Gasteiger partial charge in [0, 0.05) is 24.4 Å². The van der Waals surface area contributed by atoms with Crippen LogP contribution in [0.4, 0.5) is 4.39 Å². The topological polar surface area (TPSA) is 98.5 Å². The largest absolute Gasteiger partial charge is 0.348 e. The van der Waals surface area contributed by atoms with E-state index in [-0.39, 0.29) is 17.7 Å². The van der Waals surface area contributed by atoms with Gasteiger partial charge in [0.25, 0.3) is 5.91 Å². The second-order valence-corrected chi connectivity index (χ2v) is 7.84. The van der Waals surface area contributed by atoms with Gasteiger partial charge >= 0.3 is 0 Å². The van der Waals surface area contributed by atoms with Crippen LogP contribution in [0.2, 0.25) is 5.02 Å². The third-order valence-electron chi connectivity index (χ3n) is 5.40. The lowest BCUT2D eigenvalue weighted by Crippen LogP contribution is -2.44. The van der Waals surface area contributed by atoms with Crippen molar-refractivity contribution in [3.05, 3.63) is 83.5 Å². The van der Waals surface area contributed by atoms with E-state index >= 15 is 0 Å². The number of amides is 1. The predicted octanol–water partition coefficient (Wildman–Crippen LogP) is 3.59. The molecule has 1 fully saturated rings. The molecule has 1 aliphatic rings. The average molecular weight is 450 g/mol. The number of benzene rings is 1. The molecule has 0 radical (unpaired) electrons. The third-order valence-corrected chi connectivity index (χ3v) is 5.72. The molecule has 1 saturated carbocycles. The first-order chi connectivity index (χ1) is 15.6. The van der Waals surface area contributed by atoms with E-state index < -0.39 is 11.7 Å². The zero-order valence-corrected chi connectivity index (χ0v) is 17.4. The molecule has 3 heterocycles. The fourth-order valence-corrected chi connectivity index (χ4v) is 3.99. The van der Waals surface area contributed by atoms with Crippen LogP contribution in [0.3, 0.4) is 0 Å². The van der Waals surface area contributed by atoms with E-state index in [9.17, 15) is 9.18 Å². The quantitative estimate of drug-likeness (QED) is 0.500. The van der Waals surface area contributed by atoms with Crippen LogP contribution in [0.1, 0.15) is 35.1 Å². The lowest BCUT2D eigenvalue weighted by Gasteiger charge is -2.35. The minimum absolute atomic E-state index is 0.0354. The summed E-state index contributed by atoms with van der Waals surface area (Å²) in [6, 6.07) is 11.7. The van der Waals surface area contributed by atoms with E-state index in [1.165, 1.54) is 24.7 Å². The summed E-state index contributed by atoms with van der Waals surface area (Å²) >= 11 is 6.48. The molecule has 1 aromatic carbocycles. The number of para-hydroxylation sites is 1. The fraction of sp³-hybridized carbons (Fsp3) is 0.182. The van der Waals surface area contributed by atoms with Gasteiger partial charge in [-0.2, -0.15) is 0 Å². The summed E-state index contributed by atoms with van der Waals surface area (Å²) in [5, 5.41) is 12.2. The molecule has 0 aliphatic heterocycles. The van der Waals surface area contributed by atoms with Crippen molar-refractivity contribution in [2.24, 2.45) is 0 Å². The molecule has 0 saturated heterocycles. The van der Waals surface area contributed by atoms with Gasteiger partial charge in [-0.05, 0) is 43.2 Å². The van der Waals surface area contributed by atoms with E-state index in [4.69, 9.17) is 11.6 Å². The number of nitrogens with one attached hydrogen (secondary N) is 1. The van der Waals surface area contributed by atoms with E-state index in [1.807, 2.05) is 22.8 Å². The SMILES string of the molecule is O=C(NC1CC(c2nnc(-c3ccncn3)n2-c2ccccc2Cl)C1)c1ncccc1F. The van der Waals surface area contributed by atoms with Crippen molar-refractivity contribution in [3.63, 3.8) is 0 Å². The molecule has 8 nitrogen and oxygen atoms in total. The highest BCUT2D eigenvalue weighted by Gasteiger charge is 2.37. The van der Waals surface area contributed by atoms with Gasteiger partial charge in [-0.1, -0.05) is 23.7 Å². The van der Waals surface area contributed by atoms with Crippen LogP contribution in [0.25, 0.3) is 17.2 Å². The summed E-state index contributed by atoms with van der Waals surface area (Å²) in [5.41, 5.74) is 1.15. The van der Waals surface area contributed by atoms with Gasteiger partial charge in [0.05, 0.1) is 10.7 Å². The monoisotopic (exact) mass is 449 g/mol. The summed E-state index contributed by atoms with van der Waals surface area (Å²) in [5.74, 6) is 0.141. The summed E-state index contributed by atoms with van der Waals surface area (Å²) in [7, 11) is 0. The van der Waals surface area contributed by atoms with Gasteiger partial charge in [0.2, 0.25) is 0 Å². The Morgan fingerprint density at radius 2 is 1.91 bits per heavy atom. The number of carbonyl (C=O) groups excluding carboxylic acids is 1. The van der Waals surface area contributed by atoms with Crippen molar-refractivity contribution in [2.75, 3.05) is 0 Å². The standard InChI is InChI=1S/C22H17ClFN7O/c23-15-4-1-2-6-18(15)31-20(29-30-21(31)17-7-9-25-12-27-17)13-10-14(11-13)28-22(32)19-16(24)5-3-8-26-19/h1-9,12-14H,10-11H2,(H,28,32). The first-order valence-electron chi connectivity index (χ1n) is 10.00. The van der Waals surface area contributed by atoms with E-state index in [0.717, 1.165) is 11.5 Å². The van der Waals surface area contributed by atoms with Crippen molar-refractivity contribution in [1.29, 1.82) is 0 Å². The Kier molecular flexibility index (Phi) is 5.32. The Hall–Kier alpha value is -3.72. The maximum Gasteiger partial charge on any atom is 0.273 e. The smallest absolute Gasteiger partial charge is 0.273 e. The Morgan fingerprint density at radius 1 is 1.06 bits per heavy atom. The number of pyridine rings is 1. The molecule has 3 aromatic heterocycles. The Bertz CT molecular complexity index is 1270. The fourth-order valence-electron chi connectivity index (χ4n) is 3.77. The molecule has 1 N–H and O–H groups in total. The Labute approximate surface area is 187 Å². The minimum atomic E-state index is -0.645. The highest BCUT2D eigenvalue weighted by molar-refractivity contribution is 6.32. The van der Waals surface area contributed by atoms with Gasteiger partial charge in [0.15, 0.2) is 17.3 Å². The molecule has 32 heavy (non-hydrogen) atoms. The molecule has 1 aliphatic carbocycles. The number of halogens is 2. The second-order valence-electron chi connectivity index (χ2n) is 7.44. The maximum atomic E-state index is 13.8. The van der Waals surface area contributed by atoms with Crippen LogP contribution in [-0.2, 0) is 0 Å². The molecule has 5 rings (SSSR count). The molecule has 1 amide bonds. The molecule has 0 bridgehead atoms. The van der Waals surface area contributed by atoms with E-state index in [2.05, 4.69) is 30.5 Å². The summed E-state index contributed by atoms with van der Waals surface area (Å²) in [4.78, 5) is 24.4. The molecular weight excluding hydrogens is 433 g/mol. The first-order valence-corrected chi connectivity index (χ1v) is 10.4. The minimum Gasteiger partial charge on any atom is -0.348 e. The summed E-state index contributed by atoms with van der Waals surface area (Å²) in [6.45, 7) is 0. The summed E-state index contributed by atoms with van der Waals surface area (Å²) < 4.78 is 15.7. The van der Waals surface area contributed by atoms with Crippen molar-refractivity contribution < 1.29 is 9.18 Å². The van der Waals surface area contributed by atoms with Gasteiger partial charge < -0.3 is 5.32 Å². The van der Waals surface area contributed by atoms with Crippen LogP contribution in [0.5, 0.6) is 0 Å². The molecular formula is C22H17ClFN7O. The number of aromatic nitrogens is 6. The normalized spacial score (nSPS) is 17.6. The highest BCUT2D eigenvalue weighted by Crippen LogP contribution is 2.39. The van der Waals surface area contributed by atoms with E-state index in [1.54, 1.807) is 18.3 Å². The zero-order valence-electron chi connectivity index (χ0n) is 16.7. The van der Waals surface area contributed by atoms with Crippen molar-refractivity contribution in [2.45, 2.75) is 24.8 Å². The molecule has 4 aromatic rings. The van der Waals surface area contributed by atoms with Crippen LogP contribution < -0.4 is 5.32 Å². The Morgan fingerprint density at radius 3 is 2.66 bits per heavy atom. The number of nitrogens with zero attached hydrogens (tertiary/aromatic N) is 6. The second kappa shape index (κ2) is 8.43. The molecule has 0 atom stereocenters. The molecule has 0 unspecified atom stereocenters. The van der Waals surface area contributed by atoms with E-state index in [0.29, 0.717) is 29.4 Å². The van der Waals surface area contributed by atoms with Crippen molar-refractivity contribution >= 4 is 17.5 Å². The number of carbonyl (C=O) groups is 1. The van der Waals surface area contributed by atoms with Crippen LogP contribution in [0.15, 0.2) is 61.2 Å². The van der Waals surface area contributed by atoms with Crippen molar-refractivity contribution in [1.82, 2.24) is 35.0 Å². The average Bonchev–Trinajstić information content (AvgIpc) is 3.21. The highest BCUT2D eigenvalue weighted by atomic mass is 35.5. The van der Waals surface area contributed by atoms with Gasteiger partial charge in [-0.3, -0.25) is 9.36 Å². The zero-order chi connectivity index (χ0) is 22.1. The lowest BCUT2D eigenvalue weighted by molar-refractivity contribution is 0.0897. The summed E-state index contributed by atoms with van der Waals surface area (Å²) in [6.07, 6.45) is 5.74. The third kappa shape index (κ3) is 3.71. The van der Waals surface area contributed by atoms with Gasteiger partial charge in [0.1, 0.15) is 17.8 Å². The molecule has 10 heteroatoms. The van der Waals surface area contributed by atoms with Gasteiger partial charge in [-0.25, -0.2) is 19.3 Å². The van der Waals surface area contributed by atoms with Crippen LogP contribution >= 0.6 is 11.6 Å². The first kappa shape index (κ1) is 20.2. The van der Waals surface area contributed by atoms with Crippen LogP contribution in [-0.4, -0.2) is 41.7 Å². The molecule has 0 spiro atoms. The maximum absolute atomic E-state index is 13.8. The molecule has 160 valence electrons. The lowest BCUT2D eigenvalue weighted by atomic mass is 9.79. The predicted molar refractivity (Wildman–Crippen MR) is 115 cm³/mol. The van der Waals surface area contributed by atoms with Gasteiger partial charge in [-0.15, -0.1) is 10.2 Å². The number of hydrogen-bond donors (Lipinski definition) is 1. The Balaban J connectivity index is 1.41. The van der Waals surface area contributed by atoms with Crippen molar-refractivity contribution in [3.8, 4) is 17.2 Å². The number of hydrogen-bond acceptors (Lipinski definition) is 6. The number of rotatable bonds is 5.